The first-order valence-electron chi connectivity index (χ1n) is 4.40. The zero-order valence-corrected chi connectivity index (χ0v) is 8.53. The van der Waals surface area contributed by atoms with Crippen LogP contribution < -0.4 is 11.2 Å². The van der Waals surface area contributed by atoms with Gasteiger partial charge in [-0.3, -0.25) is 9.59 Å². The number of benzene rings is 1. The molecule has 3 N–H and O–H groups in total. The number of rotatable bonds is 2. The number of hydrogen-bond donors (Lipinski definition) is 2. The van der Waals surface area contributed by atoms with E-state index in [-0.39, 0.29) is 5.82 Å². The minimum absolute atomic E-state index is 0.363. The highest BCUT2D eigenvalue weighted by molar-refractivity contribution is 6.34. The highest BCUT2D eigenvalue weighted by atomic mass is 19.1. The van der Waals surface area contributed by atoms with Crippen molar-refractivity contribution in [3.05, 3.63) is 35.6 Å². The first-order valence-corrected chi connectivity index (χ1v) is 4.40. The molecule has 0 bridgehead atoms. The van der Waals surface area contributed by atoms with Gasteiger partial charge in [0.15, 0.2) is 0 Å². The van der Waals surface area contributed by atoms with E-state index in [1.165, 1.54) is 24.3 Å². The second-order valence-corrected chi connectivity index (χ2v) is 3.01. The monoisotopic (exact) mass is 223 g/mol. The number of nitrogens with zero attached hydrogens (tertiary/aromatic N) is 1. The second-order valence-electron chi connectivity index (χ2n) is 3.01. The minimum Gasteiger partial charge on any atom is -0.361 e. The lowest BCUT2D eigenvalue weighted by Crippen LogP contribution is -2.33. The van der Waals surface area contributed by atoms with Crippen LogP contribution in [0.25, 0.3) is 0 Å². The fourth-order valence-corrected chi connectivity index (χ4v) is 0.945. The molecule has 0 saturated heterocycles. The van der Waals surface area contributed by atoms with Gasteiger partial charge >= 0.3 is 11.8 Å². The molecule has 1 aromatic carbocycles. The number of carbonyl (C=O) groups excluding carboxylic acids is 2. The van der Waals surface area contributed by atoms with Gasteiger partial charge in [0.25, 0.3) is 0 Å². The van der Waals surface area contributed by atoms with E-state index in [9.17, 15) is 14.0 Å². The van der Waals surface area contributed by atoms with Crippen LogP contribution in [-0.2, 0) is 9.59 Å². The summed E-state index contributed by atoms with van der Waals surface area (Å²) in [4.78, 5) is 21.2. The fourth-order valence-electron chi connectivity index (χ4n) is 0.945. The van der Waals surface area contributed by atoms with Gasteiger partial charge in [0, 0.05) is 0 Å². The summed E-state index contributed by atoms with van der Waals surface area (Å²) in [5.74, 6) is -2.48. The van der Waals surface area contributed by atoms with Crippen molar-refractivity contribution in [2.75, 3.05) is 0 Å². The van der Waals surface area contributed by atoms with Crippen LogP contribution in [-0.4, -0.2) is 17.5 Å². The third-order valence-corrected chi connectivity index (χ3v) is 1.81. The standard InChI is InChI=1S/C10H10FN3O2/c1-6(13-14-10(16)9(12)15)7-2-4-8(11)5-3-7/h2-5H,1H3,(H2,12,15)(H,14,16)/b13-6+. The predicted molar refractivity (Wildman–Crippen MR) is 55.9 cm³/mol. The molecular formula is C10H10FN3O2. The normalized spacial score (nSPS) is 11.0. The van der Waals surface area contributed by atoms with E-state index in [1.54, 1.807) is 6.92 Å². The third-order valence-electron chi connectivity index (χ3n) is 1.81. The van der Waals surface area contributed by atoms with Crippen LogP contribution in [0, 0.1) is 5.82 Å². The zero-order chi connectivity index (χ0) is 12.1. The molecule has 0 saturated carbocycles. The molecular weight excluding hydrogens is 213 g/mol. The molecule has 84 valence electrons. The number of nitrogens with two attached hydrogens (primary N) is 1. The average molecular weight is 223 g/mol. The van der Waals surface area contributed by atoms with E-state index in [0.717, 1.165) is 0 Å². The predicted octanol–water partition coefficient (Wildman–Crippen LogP) is 0.151. The fraction of sp³-hybridized carbons (Fsp3) is 0.100. The minimum atomic E-state index is -1.12. The van der Waals surface area contributed by atoms with Crippen LogP contribution in [0.4, 0.5) is 4.39 Å². The van der Waals surface area contributed by atoms with Crippen LogP contribution in [0.3, 0.4) is 0 Å². The molecule has 0 spiro atoms. The molecule has 0 atom stereocenters. The Morgan fingerprint density at radius 2 is 1.88 bits per heavy atom. The van der Waals surface area contributed by atoms with Crippen molar-refractivity contribution in [1.82, 2.24) is 5.43 Å². The number of hydrogen-bond acceptors (Lipinski definition) is 3. The van der Waals surface area contributed by atoms with Crippen molar-refractivity contribution in [3.8, 4) is 0 Å². The number of amides is 2. The summed E-state index contributed by atoms with van der Waals surface area (Å²) in [6.07, 6.45) is 0. The van der Waals surface area contributed by atoms with Gasteiger partial charge in [-0.15, -0.1) is 0 Å². The number of halogens is 1. The highest BCUT2D eigenvalue weighted by Crippen LogP contribution is 2.03. The maximum absolute atomic E-state index is 12.6. The molecule has 0 aromatic heterocycles. The molecule has 0 radical (unpaired) electrons. The van der Waals surface area contributed by atoms with Crippen LogP contribution in [0.5, 0.6) is 0 Å². The summed E-state index contributed by atoms with van der Waals surface area (Å²) in [6.45, 7) is 1.61. The Labute approximate surface area is 91.1 Å². The van der Waals surface area contributed by atoms with Crippen molar-refractivity contribution in [1.29, 1.82) is 0 Å². The molecule has 16 heavy (non-hydrogen) atoms. The topological polar surface area (TPSA) is 84.6 Å². The van der Waals surface area contributed by atoms with Gasteiger partial charge in [-0.05, 0) is 24.6 Å². The maximum Gasteiger partial charge on any atom is 0.329 e. The Balaban J connectivity index is 2.74. The third kappa shape index (κ3) is 3.16. The largest absolute Gasteiger partial charge is 0.361 e. The van der Waals surface area contributed by atoms with Gasteiger partial charge in [-0.25, -0.2) is 9.82 Å². The van der Waals surface area contributed by atoms with Crippen LogP contribution in [0.15, 0.2) is 29.4 Å². The van der Waals surface area contributed by atoms with Crippen molar-refractivity contribution >= 4 is 17.5 Å². The van der Waals surface area contributed by atoms with Gasteiger partial charge in [0.2, 0.25) is 0 Å². The number of hydrazone groups is 1. The summed E-state index contributed by atoms with van der Waals surface area (Å²) >= 11 is 0. The lowest BCUT2D eigenvalue weighted by atomic mass is 10.1. The Bertz CT molecular complexity index is 440. The van der Waals surface area contributed by atoms with Gasteiger partial charge in [-0.1, -0.05) is 12.1 Å². The van der Waals surface area contributed by atoms with Crippen LogP contribution >= 0.6 is 0 Å². The molecule has 6 heteroatoms. The van der Waals surface area contributed by atoms with Gasteiger partial charge in [0.05, 0.1) is 5.71 Å². The van der Waals surface area contributed by atoms with E-state index in [2.05, 4.69) is 5.10 Å². The maximum atomic E-state index is 12.6. The molecule has 5 nitrogen and oxygen atoms in total. The molecule has 0 aliphatic carbocycles. The molecule has 0 aliphatic rings. The second kappa shape index (κ2) is 5.01. The van der Waals surface area contributed by atoms with Crippen molar-refractivity contribution in [2.45, 2.75) is 6.92 Å². The Morgan fingerprint density at radius 3 is 2.38 bits per heavy atom. The van der Waals surface area contributed by atoms with E-state index in [1.807, 2.05) is 5.43 Å². The molecule has 0 heterocycles. The number of nitrogens with one attached hydrogen (secondary N) is 1. The quantitative estimate of drug-likeness (QED) is 0.425. The Morgan fingerprint density at radius 1 is 1.31 bits per heavy atom. The lowest BCUT2D eigenvalue weighted by molar-refractivity contribution is -0.137. The number of primary amides is 1. The van der Waals surface area contributed by atoms with Crippen LogP contribution in [0.1, 0.15) is 12.5 Å². The van der Waals surface area contributed by atoms with E-state index < -0.39 is 11.8 Å². The molecule has 1 rings (SSSR count). The smallest absolute Gasteiger partial charge is 0.329 e. The Kier molecular flexibility index (Phi) is 3.71. The van der Waals surface area contributed by atoms with Crippen LogP contribution in [0.2, 0.25) is 0 Å². The summed E-state index contributed by atoms with van der Waals surface area (Å²) in [5, 5.41) is 3.64. The first kappa shape index (κ1) is 11.8. The molecule has 1 aromatic rings. The van der Waals surface area contributed by atoms with Crippen molar-refractivity contribution < 1.29 is 14.0 Å². The van der Waals surface area contributed by atoms with E-state index in [4.69, 9.17) is 5.73 Å². The van der Waals surface area contributed by atoms with E-state index >= 15 is 0 Å². The van der Waals surface area contributed by atoms with Gasteiger partial charge in [-0.2, -0.15) is 5.10 Å². The highest BCUT2D eigenvalue weighted by Gasteiger charge is 2.06. The Hall–Kier alpha value is -2.24. The SMILES string of the molecule is C/C(=N\NC(=O)C(N)=O)c1ccc(F)cc1. The first-order chi connectivity index (χ1) is 7.50. The summed E-state index contributed by atoms with van der Waals surface area (Å²) < 4.78 is 12.6. The van der Waals surface area contributed by atoms with Crippen molar-refractivity contribution in [2.24, 2.45) is 10.8 Å². The van der Waals surface area contributed by atoms with E-state index in [0.29, 0.717) is 11.3 Å². The average Bonchev–Trinajstić information content (AvgIpc) is 2.26. The molecule has 2 amide bonds. The van der Waals surface area contributed by atoms with Crippen molar-refractivity contribution in [3.63, 3.8) is 0 Å². The molecule has 0 aliphatic heterocycles. The molecule has 0 fully saturated rings. The molecule has 0 unspecified atom stereocenters. The summed E-state index contributed by atoms with van der Waals surface area (Å²) in [7, 11) is 0. The lowest BCUT2D eigenvalue weighted by Gasteiger charge is -2.00. The number of carbonyl (C=O) groups is 2. The zero-order valence-electron chi connectivity index (χ0n) is 8.53. The van der Waals surface area contributed by atoms with Gasteiger partial charge < -0.3 is 5.73 Å². The summed E-state index contributed by atoms with van der Waals surface area (Å²) in [5.41, 5.74) is 7.76. The van der Waals surface area contributed by atoms with Gasteiger partial charge in [0.1, 0.15) is 5.82 Å². The summed E-state index contributed by atoms with van der Waals surface area (Å²) in [6, 6.07) is 5.55.